The van der Waals surface area contributed by atoms with Crippen molar-refractivity contribution in [3.63, 3.8) is 0 Å². The van der Waals surface area contributed by atoms with Crippen LogP contribution in [0.25, 0.3) is 0 Å². The van der Waals surface area contributed by atoms with Crippen LogP contribution in [0, 0.1) is 0 Å². The molecule has 0 aliphatic heterocycles. The maximum Gasteiger partial charge on any atom is 0.251 e. The molecule has 108 valence electrons. The minimum absolute atomic E-state index is 0.0235. The molecule has 0 aliphatic carbocycles. The minimum Gasteiger partial charge on any atom is -0.399 e. The van der Waals surface area contributed by atoms with Gasteiger partial charge in [-0.25, -0.2) is 0 Å². The van der Waals surface area contributed by atoms with Gasteiger partial charge in [-0.3, -0.25) is 9.59 Å². The molecule has 0 saturated heterocycles. The average Bonchev–Trinajstić information content (AvgIpc) is 2.42. The third-order valence-electron chi connectivity index (χ3n) is 2.77. The Balaban J connectivity index is 2.53. The zero-order valence-corrected chi connectivity index (χ0v) is 12.0. The van der Waals surface area contributed by atoms with Gasteiger partial charge >= 0.3 is 0 Å². The molecule has 0 spiro atoms. The molecular weight excluding hydrogens is 254 g/mol. The van der Waals surface area contributed by atoms with Crippen molar-refractivity contribution in [1.82, 2.24) is 10.2 Å². The SMILES string of the molecule is C=C(C)CN(CC)C(=O)CNC(=O)c1ccc(N)cc1. The molecule has 1 aromatic carbocycles. The van der Waals surface area contributed by atoms with Crippen LogP contribution >= 0.6 is 0 Å². The summed E-state index contributed by atoms with van der Waals surface area (Å²) in [5.41, 5.74) is 7.53. The van der Waals surface area contributed by atoms with Gasteiger partial charge in [-0.15, -0.1) is 0 Å². The van der Waals surface area contributed by atoms with E-state index in [1.807, 2.05) is 13.8 Å². The quantitative estimate of drug-likeness (QED) is 0.609. The average molecular weight is 275 g/mol. The van der Waals surface area contributed by atoms with Crippen molar-refractivity contribution >= 4 is 17.5 Å². The Morgan fingerprint density at radius 2 is 1.90 bits per heavy atom. The Morgan fingerprint density at radius 3 is 2.40 bits per heavy atom. The topological polar surface area (TPSA) is 75.4 Å². The van der Waals surface area contributed by atoms with Crippen molar-refractivity contribution in [3.8, 4) is 0 Å². The minimum atomic E-state index is -0.287. The van der Waals surface area contributed by atoms with Gasteiger partial charge in [0.1, 0.15) is 0 Å². The molecule has 0 bridgehead atoms. The van der Waals surface area contributed by atoms with E-state index in [-0.39, 0.29) is 18.4 Å². The summed E-state index contributed by atoms with van der Waals surface area (Å²) in [6, 6.07) is 6.55. The van der Waals surface area contributed by atoms with Crippen LogP contribution in [0.4, 0.5) is 5.69 Å². The molecule has 0 aromatic heterocycles. The fourth-order valence-electron chi connectivity index (χ4n) is 1.71. The van der Waals surface area contributed by atoms with Crippen molar-refractivity contribution in [2.24, 2.45) is 0 Å². The molecule has 0 atom stereocenters. The van der Waals surface area contributed by atoms with E-state index >= 15 is 0 Å². The van der Waals surface area contributed by atoms with Crippen LogP contribution in [-0.4, -0.2) is 36.3 Å². The lowest BCUT2D eigenvalue weighted by molar-refractivity contribution is -0.129. The van der Waals surface area contributed by atoms with E-state index < -0.39 is 0 Å². The Morgan fingerprint density at radius 1 is 1.30 bits per heavy atom. The van der Waals surface area contributed by atoms with Crippen molar-refractivity contribution in [2.45, 2.75) is 13.8 Å². The number of nitrogens with one attached hydrogen (secondary N) is 1. The summed E-state index contributed by atoms with van der Waals surface area (Å²) < 4.78 is 0. The van der Waals surface area contributed by atoms with Gasteiger partial charge in [0.25, 0.3) is 5.91 Å². The number of carbonyl (C=O) groups is 2. The van der Waals surface area contributed by atoms with Crippen LogP contribution in [0.1, 0.15) is 24.2 Å². The highest BCUT2D eigenvalue weighted by Gasteiger charge is 2.13. The molecular formula is C15H21N3O2. The number of hydrogen-bond acceptors (Lipinski definition) is 3. The standard InChI is InChI=1S/C15H21N3O2/c1-4-18(10-11(2)3)14(19)9-17-15(20)12-5-7-13(16)8-6-12/h5-8H,2,4,9-10,16H2,1,3H3,(H,17,20). The molecule has 0 fully saturated rings. The fraction of sp³-hybridized carbons (Fsp3) is 0.333. The van der Waals surface area contributed by atoms with Gasteiger partial charge in [0.05, 0.1) is 6.54 Å². The molecule has 0 saturated carbocycles. The molecule has 0 radical (unpaired) electrons. The third kappa shape index (κ3) is 4.76. The summed E-state index contributed by atoms with van der Waals surface area (Å²) in [5.74, 6) is -0.413. The van der Waals surface area contributed by atoms with Crippen LogP contribution in [-0.2, 0) is 4.79 Å². The molecule has 2 amide bonds. The summed E-state index contributed by atoms with van der Waals surface area (Å²) >= 11 is 0. The Kier molecular flexibility index (Phi) is 5.77. The van der Waals surface area contributed by atoms with Gasteiger partial charge in [0, 0.05) is 24.3 Å². The van der Waals surface area contributed by atoms with E-state index in [1.165, 1.54) is 0 Å². The summed E-state index contributed by atoms with van der Waals surface area (Å²) in [4.78, 5) is 25.4. The lowest BCUT2D eigenvalue weighted by atomic mass is 10.2. The lowest BCUT2D eigenvalue weighted by Gasteiger charge is -2.21. The van der Waals surface area contributed by atoms with Gasteiger partial charge in [-0.2, -0.15) is 0 Å². The number of amides is 2. The number of anilines is 1. The van der Waals surface area contributed by atoms with Crippen LogP contribution in [0.3, 0.4) is 0 Å². The van der Waals surface area contributed by atoms with Gasteiger partial charge in [-0.1, -0.05) is 12.2 Å². The Hall–Kier alpha value is -2.30. The highest BCUT2D eigenvalue weighted by atomic mass is 16.2. The first-order valence-electron chi connectivity index (χ1n) is 6.50. The number of carbonyl (C=O) groups excluding carboxylic acids is 2. The predicted octanol–water partition coefficient (Wildman–Crippen LogP) is 1.42. The second kappa shape index (κ2) is 7.33. The molecule has 3 N–H and O–H groups in total. The van der Waals surface area contributed by atoms with Gasteiger partial charge in [-0.05, 0) is 38.1 Å². The first kappa shape index (κ1) is 15.8. The smallest absolute Gasteiger partial charge is 0.251 e. The fourth-order valence-corrected chi connectivity index (χ4v) is 1.71. The second-order valence-corrected chi connectivity index (χ2v) is 4.67. The number of nitrogen functional groups attached to an aromatic ring is 1. The first-order chi connectivity index (χ1) is 9.43. The molecule has 0 unspecified atom stereocenters. The van der Waals surface area contributed by atoms with Crippen molar-refractivity contribution in [1.29, 1.82) is 0 Å². The maximum absolute atomic E-state index is 11.9. The monoisotopic (exact) mass is 275 g/mol. The summed E-state index contributed by atoms with van der Waals surface area (Å²) in [7, 11) is 0. The van der Waals surface area contributed by atoms with E-state index in [4.69, 9.17) is 5.73 Å². The van der Waals surface area contributed by atoms with Gasteiger partial charge < -0.3 is 16.0 Å². The number of nitrogens with zero attached hydrogens (tertiary/aromatic N) is 1. The first-order valence-corrected chi connectivity index (χ1v) is 6.50. The van der Waals surface area contributed by atoms with Crippen molar-refractivity contribution < 1.29 is 9.59 Å². The van der Waals surface area contributed by atoms with Crippen LogP contribution in [0.5, 0.6) is 0 Å². The van der Waals surface area contributed by atoms with E-state index in [0.29, 0.717) is 24.3 Å². The molecule has 0 aliphatic rings. The summed E-state index contributed by atoms with van der Waals surface area (Å²) in [5, 5.41) is 2.61. The lowest BCUT2D eigenvalue weighted by Crippen LogP contribution is -2.40. The number of hydrogen-bond donors (Lipinski definition) is 2. The van der Waals surface area contributed by atoms with Crippen LogP contribution < -0.4 is 11.1 Å². The molecule has 1 rings (SSSR count). The molecule has 1 aromatic rings. The Bertz CT molecular complexity index is 494. The highest BCUT2D eigenvalue weighted by Crippen LogP contribution is 2.05. The number of benzene rings is 1. The van der Waals surface area contributed by atoms with Crippen LogP contribution in [0.15, 0.2) is 36.4 Å². The van der Waals surface area contributed by atoms with Crippen molar-refractivity contribution in [2.75, 3.05) is 25.4 Å². The van der Waals surface area contributed by atoms with E-state index in [2.05, 4.69) is 11.9 Å². The van der Waals surface area contributed by atoms with Crippen molar-refractivity contribution in [3.05, 3.63) is 42.0 Å². The normalized spacial score (nSPS) is 9.90. The zero-order chi connectivity index (χ0) is 15.1. The predicted molar refractivity (Wildman–Crippen MR) is 80.3 cm³/mol. The molecule has 20 heavy (non-hydrogen) atoms. The molecule has 5 nitrogen and oxygen atoms in total. The van der Waals surface area contributed by atoms with Gasteiger partial charge in [0.2, 0.25) is 5.91 Å². The van der Waals surface area contributed by atoms with E-state index in [0.717, 1.165) is 5.57 Å². The van der Waals surface area contributed by atoms with E-state index in [1.54, 1.807) is 29.2 Å². The number of likely N-dealkylation sites (N-methyl/N-ethyl adjacent to an activating group) is 1. The highest BCUT2D eigenvalue weighted by molar-refractivity contribution is 5.96. The van der Waals surface area contributed by atoms with Gasteiger partial charge in [0.15, 0.2) is 0 Å². The number of rotatable bonds is 6. The third-order valence-corrected chi connectivity index (χ3v) is 2.77. The Labute approximate surface area is 119 Å². The van der Waals surface area contributed by atoms with Crippen LogP contribution in [0.2, 0.25) is 0 Å². The summed E-state index contributed by atoms with van der Waals surface area (Å²) in [6.07, 6.45) is 0. The largest absolute Gasteiger partial charge is 0.399 e. The zero-order valence-electron chi connectivity index (χ0n) is 12.0. The number of nitrogens with two attached hydrogens (primary N) is 1. The molecule has 5 heteroatoms. The second-order valence-electron chi connectivity index (χ2n) is 4.67. The molecule has 0 heterocycles. The maximum atomic E-state index is 11.9. The summed E-state index contributed by atoms with van der Waals surface area (Å²) in [6.45, 7) is 8.61. The van der Waals surface area contributed by atoms with E-state index in [9.17, 15) is 9.59 Å².